The number of aliphatic hydroxyl groups excluding tert-OH is 1. The van der Waals surface area contributed by atoms with Gasteiger partial charge in [-0.3, -0.25) is 28.7 Å². The predicted molar refractivity (Wildman–Crippen MR) is 91.0 cm³/mol. The summed E-state index contributed by atoms with van der Waals surface area (Å²) in [5.41, 5.74) is -1.11. The molecule has 1 saturated heterocycles. The normalized spacial score (nSPS) is 17.0. The Morgan fingerprint density at radius 1 is 1.04 bits per heavy atom. The standard InChI is InChI=1S/C15H25N5O4/c1-17-13(22)12(14(23)18(2)15(17)24)11-16-3-4-19-5-7-20(8-6-19)9-10-21/h11,21-22H,3-10H2,1-2H3. The molecule has 0 atom stereocenters. The molecule has 1 aliphatic rings. The monoisotopic (exact) mass is 339 g/mol. The van der Waals surface area contributed by atoms with Crippen LogP contribution in [0.4, 0.5) is 0 Å². The van der Waals surface area contributed by atoms with Gasteiger partial charge in [-0.1, -0.05) is 0 Å². The van der Waals surface area contributed by atoms with Crippen molar-refractivity contribution < 1.29 is 10.2 Å². The second kappa shape index (κ2) is 8.22. The van der Waals surface area contributed by atoms with Crippen LogP contribution in [0.3, 0.4) is 0 Å². The fraction of sp³-hybridized carbons (Fsp3) is 0.667. The molecule has 134 valence electrons. The zero-order chi connectivity index (χ0) is 17.7. The largest absolute Gasteiger partial charge is 0.494 e. The van der Waals surface area contributed by atoms with E-state index in [0.717, 1.165) is 41.9 Å². The Balaban J connectivity index is 1.92. The van der Waals surface area contributed by atoms with Crippen LogP contribution < -0.4 is 11.2 Å². The van der Waals surface area contributed by atoms with Gasteiger partial charge in [0.25, 0.3) is 5.56 Å². The van der Waals surface area contributed by atoms with Gasteiger partial charge in [-0.15, -0.1) is 0 Å². The Hall–Kier alpha value is -1.97. The van der Waals surface area contributed by atoms with Crippen molar-refractivity contribution in [2.24, 2.45) is 19.1 Å². The first-order valence-electron chi connectivity index (χ1n) is 8.00. The lowest BCUT2D eigenvalue weighted by atomic mass is 10.3. The first-order valence-corrected chi connectivity index (χ1v) is 8.00. The van der Waals surface area contributed by atoms with Crippen molar-refractivity contribution in [3.8, 4) is 5.88 Å². The number of aliphatic hydroxyl groups is 1. The average Bonchev–Trinajstić information content (AvgIpc) is 2.59. The van der Waals surface area contributed by atoms with Crippen LogP contribution in [0.15, 0.2) is 14.6 Å². The smallest absolute Gasteiger partial charge is 0.333 e. The summed E-state index contributed by atoms with van der Waals surface area (Å²) in [6, 6.07) is 0. The van der Waals surface area contributed by atoms with Crippen molar-refractivity contribution in [2.45, 2.75) is 0 Å². The highest BCUT2D eigenvalue weighted by Gasteiger charge is 2.16. The van der Waals surface area contributed by atoms with Crippen molar-refractivity contribution >= 4 is 6.21 Å². The molecule has 0 aromatic carbocycles. The molecule has 2 rings (SSSR count). The third kappa shape index (κ3) is 4.11. The summed E-state index contributed by atoms with van der Waals surface area (Å²) >= 11 is 0. The molecule has 0 radical (unpaired) electrons. The van der Waals surface area contributed by atoms with E-state index in [1.807, 2.05) is 0 Å². The van der Waals surface area contributed by atoms with Crippen molar-refractivity contribution in [1.29, 1.82) is 0 Å². The van der Waals surface area contributed by atoms with E-state index in [2.05, 4.69) is 14.8 Å². The van der Waals surface area contributed by atoms with Crippen LogP contribution in [0, 0.1) is 0 Å². The van der Waals surface area contributed by atoms with Crippen LogP contribution in [0.5, 0.6) is 5.88 Å². The van der Waals surface area contributed by atoms with E-state index in [1.165, 1.54) is 20.3 Å². The van der Waals surface area contributed by atoms with E-state index >= 15 is 0 Å². The lowest BCUT2D eigenvalue weighted by Crippen LogP contribution is -2.47. The summed E-state index contributed by atoms with van der Waals surface area (Å²) in [6.07, 6.45) is 1.33. The molecule has 2 heterocycles. The first-order chi connectivity index (χ1) is 11.5. The minimum Gasteiger partial charge on any atom is -0.494 e. The van der Waals surface area contributed by atoms with Gasteiger partial charge in [-0.2, -0.15) is 0 Å². The fourth-order valence-electron chi connectivity index (χ4n) is 2.71. The van der Waals surface area contributed by atoms with E-state index in [4.69, 9.17) is 5.11 Å². The number of aromatic hydroxyl groups is 1. The number of aliphatic imine (C=N–C) groups is 1. The van der Waals surface area contributed by atoms with Gasteiger partial charge in [0.05, 0.1) is 13.2 Å². The van der Waals surface area contributed by atoms with Crippen LogP contribution in [-0.4, -0.2) is 87.8 Å². The van der Waals surface area contributed by atoms with Crippen molar-refractivity contribution in [3.05, 3.63) is 26.4 Å². The quantitative estimate of drug-likeness (QED) is 0.571. The van der Waals surface area contributed by atoms with Gasteiger partial charge in [0.2, 0.25) is 5.88 Å². The number of hydrogen-bond acceptors (Lipinski definition) is 7. The van der Waals surface area contributed by atoms with Crippen LogP contribution >= 0.6 is 0 Å². The molecule has 0 bridgehead atoms. The highest BCUT2D eigenvalue weighted by atomic mass is 16.3. The minimum atomic E-state index is -0.574. The Labute approximate surface area is 140 Å². The topological polar surface area (TPSA) is 103 Å². The van der Waals surface area contributed by atoms with E-state index in [-0.39, 0.29) is 18.1 Å². The Bertz CT molecular complexity index is 701. The summed E-state index contributed by atoms with van der Waals surface area (Å²) < 4.78 is 1.96. The summed E-state index contributed by atoms with van der Waals surface area (Å²) in [5.74, 6) is -0.371. The second-order valence-electron chi connectivity index (χ2n) is 5.89. The third-order valence-corrected chi connectivity index (χ3v) is 4.31. The van der Waals surface area contributed by atoms with Gasteiger partial charge < -0.3 is 10.2 Å². The SMILES string of the molecule is Cn1c(O)c(C=NCCN2CCN(CCO)CC2)c(=O)n(C)c1=O. The zero-order valence-corrected chi connectivity index (χ0v) is 14.2. The van der Waals surface area contributed by atoms with Gasteiger partial charge in [-0.05, 0) is 0 Å². The molecular formula is C15H25N5O4. The molecule has 0 unspecified atom stereocenters. The Morgan fingerprint density at radius 3 is 2.21 bits per heavy atom. The highest BCUT2D eigenvalue weighted by molar-refractivity contribution is 5.81. The summed E-state index contributed by atoms with van der Waals surface area (Å²) in [6.45, 7) is 5.84. The number of piperazine rings is 1. The number of hydrogen-bond donors (Lipinski definition) is 2. The third-order valence-electron chi connectivity index (χ3n) is 4.31. The molecule has 1 aromatic heterocycles. The van der Waals surface area contributed by atoms with Gasteiger partial charge in [0, 0.05) is 59.6 Å². The average molecular weight is 339 g/mol. The van der Waals surface area contributed by atoms with Gasteiger partial charge >= 0.3 is 5.69 Å². The molecule has 1 aromatic rings. The molecular weight excluding hydrogens is 314 g/mol. The van der Waals surface area contributed by atoms with Gasteiger partial charge in [0.15, 0.2) is 0 Å². The molecule has 1 fully saturated rings. The van der Waals surface area contributed by atoms with Gasteiger partial charge in [0.1, 0.15) is 5.56 Å². The molecule has 0 spiro atoms. The van der Waals surface area contributed by atoms with E-state index < -0.39 is 11.2 Å². The summed E-state index contributed by atoms with van der Waals surface area (Å²) in [4.78, 5) is 32.4. The Morgan fingerprint density at radius 2 is 1.62 bits per heavy atom. The maximum Gasteiger partial charge on any atom is 0.333 e. The lowest BCUT2D eigenvalue weighted by molar-refractivity contribution is 0.115. The van der Waals surface area contributed by atoms with Gasteiger partial charge in [-0.25, -0.2) is 4.79 Å². The van der Waals surface area contributed by atoms with Crippen molar-refractivity contribution in [1.82, 2.24) is 18.9 Å². The summed E-state index contributed by atoms with van der Waals surface area (Å²) in [5, 5.41) is 18.9. The molecule has 0 saturated carbocycles. The van der Waals surface area contributed by atoms with Crippen LogP contribution in [0.1, 0.15) is 5.56 Å². The van der Waals surface area contributed by atoms with Crippen LogP contribution in [0.25, 0.3) is 0 Å². The van der Waals surface area contributed by atoms with Crippen molar-refractivity contribution in [2.75, 3.05) is 52.4 Å². The molecule has 9 nitrogen and oxygen atoms in total. The number of nitrogens with zero attached hydrogens (tertiary/aromatic N) is 5. The highest BCUT2D eigenvalue weighted by Crippen LogP contribution is 2.06. The molecule has 0 amide bonds. The number of rotatable bonds is 6. The minimum absolute atomic E-state index is 0.0207. The second-order valence-corrected chi connectivity index (χ2v) is 5.89. The number of β-amino-alcohol motifs (C(OH)–C–C–N with tert-alkyl or cyclic N) is 1. The first kappa shape index (κ1) is 18.4. The molecule has 1 aliphatic heterocycles. The molecule has 0 aliphatic carbocycles. The maximum absolute atomic E-state index is 12.0. The van der Waals surface area contributed by atoms with E-state index in [9.17, 15) is 14.7 Å². The lowest BCUT2D eigenvalue weighted by Gasteiger charge is -2.33. The van der Waals surface area contributed by atoms with E-state index in [1.54, 1.807) is 0 Å². The van der Waals surface area contributed by atoms with Crippen LogP contribution in [-0.2, 0) is 14.1 Å². The van der Waals surface area contributed by atoms with Crippen LogP contribution in [0.2, 0.25) is 0 Å². The molecule has 24 heavy (non-hydrogen) atoms. The number of aromatic nitrogens is 2. The Kier molecular flexibility index (Phi) is 6.29. The van der Waals surface area contributed by atoms with E-state index in [0.29, 0.717) is 13.1 Å². The maximum atomic E-state index is 12.0. The fourth-order valence-corrected chi connectivity index (χ4v) is 2.71. The van der Waals surface area contributed by atoms with Crippen molar-refractivity contribution in [3.63, 3.8) is 0 Å². The zero-order valence-electron chi connectivity index (χ0n) is 14.2. The predicted octanol–water partition coefficient (Wildman–Crippen LogP) is -2.18. The molecule has 9 heteroatoms. The molecule has 2 N–H and O–H groups in total. The summed E-state index contributed by atoms with van der Waals surface area (Å²) in [7, 11) is 2.77.